The summed E-state index contributed by atoms with van der Waals surface area (Å²) in [4.78, 5) is 22.3. The Bertz CT molecular complexity index is 676. The summed E-state index contributed by atoms with van der Waals surface area (Å²) in [7, 11) is 0. The molecule has 0 N–H and O–H groups in total. The van der Waals surface area contributed by atoms with Crippen molar-refractivity contribution in [3.05, 3.63) is 41.5 Å². The van der Waals surface area contributed by atoms with Crippen LogP contribution >= 0.6 is 0 Å². The summed E-state index contributed by atoms with van der Waals surface area (Å²) in [5.74, 6) is 1.13. The zero-order chi connectivity index (χ0) is 16.7. The maximum absolute atomic E-state index is 11.3. The molecule has 0 saturated heterocycles. The Balaban J connectivity index is 2.29. The molecule has 0 radical (unpaired) electrons. The highest BCUT2D eigenvalue weighted by atomic mass is 16.5. The van der Waals surface area contributed by atoms with Crippen molar-refractivity contribution in [1.82, 2.24) is 0 Å². The van der Waals surface area contributed by atoms with Crippen molar-refractivity contribution >= 4 is 23.3 Å². The predicted octanol–water partition coefficient (Wildman–Crippen LogP) is 5.06. The predicted molar refractivity (Wildman–Crippen MR) is 93.5 cm³/mol. The quantitative estimate of drug-likeness (QED) is 0.608. The van der Waals surface area contributed by atoms with Crippen molar-refractivity contribution in [3.63, 3.8) is 0 Å². The molecule has 0 saturated carbocycles. The Kier molecular flexibility index (Phi) is 6.33. The van der Waals surface area contributed by atoms with Crippen molar-refractivity contribution < 1.29 is 14.3 Å². The summed E-state index contributed by atoms with van der Waals surface area (Å²) in [6.45, 7) is 4.98. The molecule has 0 spiro atoms. The van der Waals surface area contributed by atoms with E-state index in [9.17, 15) is 9.59 Å². The monoisotopic (exact) mass is 312 g/mol. The van der Waals surface area contributed by atoms with Crippen molar-refractivity contribution in [2.45, 2.75) is 39.5 Å². The van der Waals surface area contributed by atoms with E-state index >= 15 is 0 Å². The van der Waals surface area contributed by atoms with E-state index in [4.69, 9.17) is 4.74 Å². The fourth-order valence-electron chi connectivity index (χ4n) is 2.76. The van der Waals surface area contributed by atoms with E-state index in [0.717, 1.165) is 36.2 Å². The average Bonchev–Trinajstić information content (AvgIpc) is 2.61. The molecule has 23 heavy (non-hydrogen) atoms. The van der Waals surface area contributed by atoms with E-state index < -0.39 is 0 Å². The second-order valence-corrected chi connectivity index (χ2v) is 5.93. The van der Waals surface area contributed by atoms with Gasteiger partial charge in [0.15, 0.2) is 6.29 Å². The number of unbranched alkanes of at least 4 members (excludes halogenated alkanes) is 1. The van der Waals surface area contributed by atoms with Gasteiger partial charge in [-0.3, -0.25) is 9.59 Å². The highest BCUT2D eigenvalue weighted by molar-refractivity contribution is 5.98. The van der Waals surface area contributed by atoms with Gasteiger partial charge in [-0.1, -0.05) is 45.2 Å². The molecule has 0 heterocycles. The first-order valence-electron chi connectivity index (χ1n) is 8.33. The lowest BCUT2D eigenvalue weighted by Gasteiger charge is -2.18. The second-order valence-electron chi connectivity index (χ2n) is 5.93. The second kappa shape index (κ2) is 8.47. The van der Waals surface area contributed by atoms with E-state index in [1.807, 2.05) is 18.2 Å². The van der Waals surface area contributed by atoms with Crippen LogP contribution in [0, 0.1) is 5.92 Å². The molecule has 0 bridgehead atoms. The third-order valence-electron chi connectivity index (χ3n) is 4.29. The number of fused-ring (bicyclic) bond motifs is 1. The molecular formula is C20H24O3. The lowest BCUT2D eigenvalue weighted by atomic mass is 10.00. The molecule has 0 amide bonds. The first kappa shape index (κ1) is 17.2. The largest absolute Gasteiger partial charge is 0.492 e. The number of hydrogen-bond donors (Lipinski definition) is 0. The summed E-state index contributed by atoms with van der Waals surface area (Å²) in [6.07, 6.45) is 6.24. The van der Waals surface area contributed by atoms with E-state index in [1.165, 1.54) is 12.8 Å². The summed E-state index contributed by atoms with van der Waals surface area (Å²) in [6, 6.07) is 9.04. The van der Waals surface area contributed by atoms with E-state index in [0.29, 0.717) is 29.4 Å². The fraction of sp³-hybridized carbons (Fsp3) is 0.400. The van der Waals surface area contributed by atoms with Crippen LogP contribution in [-0.2, 0) is 0 Å². The summed E-state index contributed by atoms with van der Waals surface area (Å²) >= 11 is 0. The van der Waals surface area contributed by atoms with Gasteiger partial charge in [0, 0.05) is 10.9 Å². The molecule has 2 aromatic rings. The highest BCUT2D eigenvalue weighted by Gasteiger charge is 2.12. The zero-order valence-corrected chi connectivity index (χ0v) is 13.9. The number of carbonyl (C=O) groups excluding carboxylic acids is 2. The van der Waals surface area contributed by atoms with Crippen molar-refractivity contribution in [1.29, 1.82) is 0 Å². The first-order chi connectivity index (χ1) is 11.2. The Morgan fingerprint density at radius 1 is 1.09 bits per heavy atom. The van der Waals surface area contributed by atoms with Crippen LogP contribution in [0.5, 0.6) is 5.75 Å². The topological polar surface area (TPSA) is 43.4 Å². The van der Waals surface area contributed by atoms with Crippen LogP contribution in [0.4, 0.5) is 0 Å². The lowest BCUT2D eigenvalue weighted by Crippen LogP contribution is -2.12. The molecule has 1 unspecified atom stereocenters. The molecule has 3 nitrogen and oxygen atoms in total. The van der Waals surface area contributed by atoms with Gasteiger partial charge in [-0.15, -0.1) is 0 Å². The number of benzene rings is 2. The van der Waals surface area contributed by atoms with E-state index in [2.05, 4.69) is 13.8 Å². The van der Waals surface area contributed by atoms with Crippen LogP contribution in [0.1, 0.15) is 60.2 Å². The smallest absolute Gasteiger partial charge is 0.153 e. The molecule has 1 atom stereocenters. The SMILES string of the molecule is CCCCC(CC)COc1c(C=O)ccc2cc(C=O)ccc12. The Morgan fingerprint density at radius 3 is 2.57 bits per heavy atom. The number of hydrogen-bond acceptors (Lipinski definition) is 3. The van der Waals surface area contributed by atoms with Crippen molar-refractivity contribution in [3.8, 4) is 5.75 Å². The minimum absolute atomic E-state index is 0.499. The van der Waals surface area contributed by atoms with E-state index in [1.54, 1.807) is 12.1 Å². The maximum Gasteiger partial charge on any atom is 0.153 e. The van der Waals surface area contributed by atoms with Gasteiger partial charge in [0.25, 0.3) is 0 Å². The normalized spacial score (nSPS) is 12.1. The zero-order valence-electron chi connectivity index (χ0n) is 13.9. The number of rotatable bonds is 9. The van der Waals surface area contributed by atoms with Crippen LogP contribution in [0.2, 0.25) is 0 Å². The summed E-state index contributed by atoms with van der Waals surface area (Å²) < 4.78 is 6.05. The minimum Gasteiger partial charge on any atom is -0.492 e. The van der Waals surface area contributed by atoms with Crippen LogP contribution < -0.4 is 4.74 Å². The standard InChI is InChI=1S/C20H24O3/c1-3-5-6-15(4-2)14-23-20-18(13-22)9-8-17-11-16(12-21)7-10-19(17)20/h7-13,15H,3-6,14H2,1-2H3. The lowest BCUT2D eigenvalue weighted by molar-refractivity contribution is 0.111. The van der Waals surface area contributed by atoms with Gasteiger partial charge >= 0.3 is 0 Å². The van der Waals surface area contributed by atoms with Gasteiger partial charge in [-0.2, -0.15) is 0 Å². The molecule has 0 aliphatic rings. The van der Waals surface area contributed by atoms with Gasteiger partial charge in [0.2, 0.25) is 0 Å². The Labute approximate surface area is 137 Å². The molecule has 0 aliphatic heterocycles. The molecule has 0 fully saturated rings. The number of ether oxygens (including phenoxy) is 1. The fourth-order valence-corrected chi connectivity index (χ4v) is 2.76. The average molecular weight is 312 g/mol. The van der Waals surface area contributed by atoms with Gasteiger partial charge in [0.05, 0.1) is 12.2 Å². The summed E-state index contributed by atoms with van der Waals surface area (Å²) in [5, 5.41) is 1.79. The summed E-state index contributed by atoms with van der Waals surface area (Å²) in [5.41, 5.74) is 1.18. The molecule has 0 aliphatic carbocycles. The molecule has 0 aromatic heterocycles. The van der Waals surface area contributed by atoms with E-state index in [-0.39, 0.29) is 0 Å². The molecule has 3 heteroatoms. The first-order valence-corrected chi connectivity index (χ1v) is 8.33. The van der Waals surface area contributed by atoms with Crippen LogP contribution in [-0.4, -0.2) is 19.2 Å². The third-order valence-corrected chi connectivity index (χ3v) is 4.29. The molecular weight excluding hydrogens is 288 g/mol. The molecule has 122 valence electrons. The van der Waals surface area contributed by atoms with Crippen molar-refractivity contribution in [2.24, 2.45) is 5.92 Å². The Morgan fingerprint density at radius 2 is 1.91 bits per heavy atom. The highest BCUT2D eigenvalue weighted by Crippen LogP contribution is 2.30. The van der Waals surface area contributed by atoms with Crippen LogP contribution in [0.25, 0.3) is 10.8 Å². The molecule has 2 aromatic carbocycles. The number of aldehydes is 2. The third kappa shape index (κ3) is 4.19. The number of carbonyl (C=O) groups is 2. The van der Waals surface area contributed by atoms with Gasteiger partial charge in [-0.25, -0.2) is 0 Å². The van der Waals surface area contributed by atoms with Gasteiger partial charge in [0.1, 0.15) is 12.0 Å². The Hall–Kier alpha value is -2.16. The van der Waals surface area contributed by atoms with Gasteiger partial charge in [-0.05, 0) is 35.9 Å². The van der Waals surface area contributed by atoms with Crippen molar-refractivity contribution in [2.75, 3.05) is 6.61 Å². The van der Waals surface area contributed by atoms with Crippen LogP contribution in [0.15, 0.2) is 30.3 Å². The minimum atomic E-state index is 0.499. The maximum atomic E-state index is 11.3. The van der Waals surface area contributed by atoms with Gasteiger partial charge < -0.3 is 4.74 Å². The molecule has 2 rings (SSSR count). The van der Waals surface area contributed by atoms with Crippen LogP contribution in [0.3, 0.4) is 0 Å².